The molecule has 0 aliphatic rings. The van der Waals surface area contributed by atoms with E-state index in [1.807, 2.05) is 31.2 Å². The second kappa shape index (κ2) is 9.34. The van der Waals surface area contributed by atoms with Gasteiger partial charge in [-0.3, -0.25) is 4.79 Å². The van der Waals surface area contributed by atoms with Crippen LogP contribution in [-0.4, -0.2) is 35.5 Å². The van der Waals surface area contributed by atoms with Gasteiger partial charge >= 0.3 is 0 Å². The Morgan fingerprint density at radius 3 is 2.71 bits per heavy atom. The van der Waals surface area contributed by atoms with Crippen LogP contribution in [0, 0.1) is 0 Å². The van der Waals surface area contributed by atoms with Crippen LogP contribution in [0.5, 0.6) is 5.75 Å². The maximum atomic E-state index is 12.2. The van der Waals surface area contributed by atoms with E-state index in [1.54, 1.807) is 4.90 Å². The van der Waals surface area contributed by atoms with Crippen molar-refractivity contribution in [2.24, 2.45) is 5.73 Å². The van der Waals surface area contributed by atoms with Crippen molar-refractivity contribution >= 4 is 23.1 Å². The summed E-state index contributed by atoms with van der Waals surface area (Å²) in [7, 11) is 0. The number of hydrogen-bond acceptors (Lipinski definition) is 3. The highest BCUT2D eigenvalue weighted by Crippen LogP contribution is 2.13. The molecule has 0 saturated carbocycles. The number of rotatable bonds is 9. The van der Waals surface area contributed by atoms with Crippen LogP contribution in [0.15, 0.2) is 24.3 Å². The molecule has 0 fully saturated rings. The second-order valence-corrected chi connectivity index (χ2v) is 5.41. The molecule has 0 heterocycles. The fourth-order valence-electron chi connectivity index (χ4n) is 1.97. The van der Waals surface area contributed by atoms with Crippen molar-refractivity contribution in [2.45, 2.75) is 33.1 Å². The van der Waals surface area contributed by atoms with Crippen LogP contribution in [-0.2, 0) is 11.2 Å². The van der Waals surface area contributed by atoms with Gasteiger partial charge in [-0.2, -0.15) is 0 Å². The Morgan fingerprint density at radius 2 is 2.10 bits per heavy atom. The monoisotopic (exact) mass is 308 g/mol. The van der Waals surface area contributed by atoms with E-state index in [-0.39, 0.29) is 12.5 Å². The zero-order valence-electron chi connectivity index (χ0n) is 12.8. The van der Waals surface area contributed by atoms with E-state index in [0.717, 1.165) is 18.6 Å². The Hall–Kier alpha value is -1.62. The highest BCUT2D eigenvalue weighted by atomic mass is 32.1. The number of thiocarbonyl (C=S) groups is 1. The summed E-state index contributed by atoms with van der Waals surface area (Å²) >= 11 is 4.86. The van der Waals surface area contributed by atoms with Gasteiger partial charge in [0.25, 0.3) is 5.91 Å². The van der Waals surface area contributed by atoms with Gasteiger partial charge in [0, 0.05) is 19.5 Å². The SMILES string of the molecule is CCCN(CCC(N)=S)C(=O)COc1cccc(CC)c1. The molecule has 1 amide bonds. The zero-order valence-corrected chi connectivity index (χ0v) is 13.6. The van der Waals surface area contributed by atoms with Crippen molar-refractivity contribution in [1.29, 1.82) is 0 Å². The highest BCUT2D eigenvalue weighted by molar-refractivity contribution is 7.80. The summed E-state index contributed by atoms with van der Waals surface area (Å²) in [5.74, 6) is 0.698. The molecule has 1 rings (SSSR count). The van der Waals surface area contributed by atoms with Gasteiger partial charge in [-0.25, -0.2) is 0 Å². The van der Waals surface area contributed by atoms with Crippen LogP contribution in [0.2, 0.25) is 0 Å². The number of benzene rings is 1. The number of amides is 1. The number of aryl methyl sites for hydroxylation is 1. The van der Waals surface area contributed by atoms with E-state index in [0.29, 0.717) is 24.5 Å². The summed E-state index contributed by atoms with van der Waals surface area (Å²) in [4.78, 5) is 14.4. The van der Waals surface area contributed by atoms with Gasteiger partial charge < -0.3 is 15.4 Å². The molecule has 1 aromatic carbocycles. The van der Waals surface area contributed by atoms with Crippen LogP contribution in [0.3, 0.4) is 0 Å². The van der Waals surface area contributed by atoms with Gasteiger partial charge in [0.2, 0.25) is 0 Å². The molecule has 0 radical (unpaired) electrons. The van der Waals surface area contributed by atoms with Crippen LogP contribution in [0.1, 0.15) is 32.3 Å². The lowest BCUT2D eigenvalue weighted by Gasteiger charge is -2.22. The van der Waals surface area contributed by atoms with Crippen LogP contribution in [0.25, 0.3) is 0 Å². The molecule has 5 heteroatoms. The quantitative estimate of drug-likeness (QED) is 0.712. The molecule has 0 spiro atoms. The highest BCUT2D eigenvalue weighted by Gasteiger charge is 2.13. The van der Waals surface area contributed by atoms with Crippen molar-refractivity contribution in [3.63, 3.8) is 0 Å². The van der Waals surface area contributed by atoms with Crippen molar-refractivity contribution < 1.29 is 9.53 Å². The maximum absolute atomic E-state index is 12.2. The molecule has 0 aliphatic carbocycles. The topological polar surface area (TPSA) is 55.6 Å². The van der Waals surface area contributed by atoms with Gasteiger partial charge in [-0.1, -0.05) is 38.2 Å². The first-order valence-corrected chi connectivity index (χ1v) is 7.75. The molecule has 4 nitrogen and oxygen atoms in total. The lowest BCUT2D eigenvalue weighted by atomic mass is 10.2. The number of nitrogens with zero attached hydrogens (tertiary/aromatic N) is 1. The van der Waals surface area contributed by atoms with E-state index >= 15 is 0 Å². The lowest BCUT2D eigenvalue weighted by molar-refractivity contribution is -0.133. The van der Waals surface area contributed by atoms with Crippen LogP contribution < -0.4 is 10.5 Å². The molecule has 2 N–H and O–H groups in total. The summed E-state index contributed by atoms with van der Waals surface area (Å²) in [5.41, 5.74) is 6.69. The Balaban J connectivity index is 2.53. The molecule has 0 aromatic heterocycles. The van der Waals surface area contributed by atoms with E-state index < -0.39 is 0 Å². The van der Waals surface area contributed by atoms with Crippen molar-refractivity contribution in [2.75, 3.05) is 19.7 Å². The average Bonchev–Trinajstić information content (AvgIpc) is 2.49. The van der Waals surface area contributed by atoms with E-state index in [9.17, 15) is 4.79 Å². The summed E-state index contributed by atoms with van der Waals surface area (Å²) in [6, 6.07) is 7.81. The second-order valence-electron chi connectivity index (χ2n) is 4.89. The lowest BCUT2D eigenvalue weighted by Crippen LogP contribution is -2.37. The summed E-state index contributed by atoms with van der Waals surface area (Å²) in [6.45, 7) is 5.42. The largest absolute Gasteiger partial charge is 0.484 e. The molecule has 0 saturated heterocycles. The van der Waals surface area contributed by atoms with Gasteiger partial charge in [0.15, 0.2) is 6.61 Å². The van der Waals surface area contributed by atoms with Crippen molar-refractivity contribution in [3.8, 4) is 5.75 Å². The Morgan fingerprint density at radius 1 is 1.33 bits per heavy atom. The first-order valence-electron chi connectivity index (χ1n) is 7.34. The minimum Gasteiger partial charge on any atom is -0.484 e. The fraction of sp³-hybridized carbons (Fsp3) is 0.500. The van der Waals surface area contributed by atoms with Crippen molar-refractivity contribution in [1.82, 2.24) is 4.90 Å². The first kappa shape index (κ1) is 17.4. The van der Waals surface area contributed by atoms with E-state index in [4.69, 9.17) is 22.7 Å². The Kier molecular flexibility index (Phi) is 7.75. The first-order chi connectivity index (χ1) is 10.1. The fourth-order valence-corrected chi connectivity index (χ4v) is 2.06. The third kappa shape index (κ3) is 6.58. The number of ether oxygens (including phenoxy) is 1. The molecule has 0 atom stereocenters. The number of carbonyl (C=O) groups excluding carboxylic acids is 1. The van der Waals surface area contributed by atoms with E-state index in [2.05, 4.69) is 6.92 Å². The van der Waals surface area contributed by atoms with Gasteiger partial charge in [0.1, 0.15) is 5.75 Å². The maximum Gasteiger partial charge on any atom is 0.260 e. The molecule has 21 heavy (non-hydrogen) atoms. The predicted molar refractivity (Wildman–Crippen MR) is 89.6 cm³/mol. The van der Waals surface area contributed by atoms with Crippen molar-refractivity contribution in [3.05, 3.63) is 29.8 Å². The number of carbonyl (C=O) groups is 1. The molecular weight excluding hydrogens is 284 g/mol. The Bertz CT molecular complexity index is 477. The molecule has 116 valence electrons. The molecular formula is C16H24N2O2S. The Labute approximate surface area is 132 Å². The zero-order chi connectivity index (χ0) is 15.7. The molecule has 1 aromatic rings. The standard InChI is InChI=1S/C16H24N2O2S/c1-3-9-18(10-8-15(17)21)16(19)12-20-14-7-5-6-13(4-2)11-14/h5-7,11H,3-4,8-10,12H2,1-2H3,(H2,17,21). The molecule has 0 bridgehead atoms. The summed E-state index contributed by atoms with van der Waals surface area (Å²) in [5, 5.41) is 0. The number of hydrogen-bond donors (Lipinski definition) is 1. The minimum atomic E-state index is -0.0324. The normalized spacial score (nSPS) is 10.2. The van der Waals surface area contributed by atoms with Gasteiger partial charge in [0.05, 0.1) is 4.99 Å². The van der Waals surface area contributed by atoms with Gasteiger partial charge in [-0.05, 0) is 30.5 Å². The summed E-state index contributed by atoms with van der Waals surface area (Å²) < 4.78 is 5.59. The van der Waals surface area contributed by atoms with E-state index in [1.165, 1.54) is 5.56 Å². The third-order valence-corrected chi connectivity index (χ3v) is 3.35. The third-order valence-electron chi connectivity index (χ3n) is 3.14. The van der Waals surface area contributed by atoms with Crippen LogP contribution >= 0.6 is 12.2 Å². The number of nitrogens with two attached hydrogens (primary N) is 1. The predicted octanol–water partition coefficient (Wildman–Crippen LogP) is 2.54. The summed E-state index contributed by atoms with van der Waals surface area (Å²) in [6.07, 6.45) is 2.39. The van der Waals surface area contributed by atoms with Gasteiger partial charge in [-0.15, -0.1) is 0 Å². The molecule has 0 aliphatic heterocycles. The van der Waals surface area contributed by atoms with Crippen LogP contribution in [0.4, 0.5) is 0 Å². The minimum absolute atomic E-state index is 0.0324. The average molecular weight is 308 g/mol. The molecule has 0 unspecified atom stereocenters. The smallest absolute Gasteiger partial charge is 0.260 e.